The zero-order valence-electron chi connectivity index (χ0n) is 11.7. The maximum absolute atomic E-state index is 12.0. The van der Waals surface area contributed by atoms with Gasteiger partial charge in [-0.1, -0.05) is 29.5 Å². The van der Waals surface area contributed by atoms with Gasteiger partial charge in [0.25, 0.3) is 0 Å². The van der Waals surface area contributed by atoms with Gasteiger partial charge in [0.2, 0.25) is 0 Å². The van der Waals surface area contributed by atoms with Crippen LogP contribution < -0.4 is 9.64 Å². The van der Waals surface area contributed by atoms with E-state index in [-0.39, 0.29) is 5.78 Å². The van der Waals surface area contributed by atoms with E-state index in [0.29, 0.717) is 13.0 Å². The number of carbonyl (C=O) groups excluding carboxylic acids is 1. The molecule has 0 N–H and O–H groups in total. The fourth-order valence-electron chi connectivity index (χ4n) is 2.88. The van der Waals surface area contributed by atoms with E-state index in [9.17, 15) is 4.79 Å². The van der Waals surface area contributed by atoms with Crippen LogP contribution in [0.2, 0.25) is 0 Å². The Morgan fingerprint density at radius 3 is 3.05 bits per heavy atom. The van der Waals surface area contributed by atoms with Crippen LogP contribution in [0.25, 0.3) is 0 Å². The van der Waals surface area contributed by atoms with Crippen LogP contribution in [0.4, 0.5) is 5.13 Å². The molecule has 5 heteroatoms. The highest BCUT2D eigenvalue weighted by Gasteiger charge is 2.25. The van der Waals surface area contributed by atoms with E-state index in [4.69, 9.17) is 9.72 Å². The number of fused-ring (bicyclic) bond motifs is 2. The van der Waals surface area contributed by atoms with Crippen LogP contribution in [-0.2, 0) is 13.0 Å². The molecule has 0 amide bonds. The number of para-hydroxylation sites is 1. The van der Waals surface area contributed by atoms with Gasteiger partial charge in [0.1, 0.15) is 12.4 Å². The quantitative estimate of drug-likeness (QED) is 0.812. The summed E-state index contributed by atoms with van der Waals surface area (Å²) < 4.78 is 5.79. The number of benzene rings is 1. The van der Waals surface area contributed by atoms with Crippen molar-refractivity contribution in [2.24, 2.45) is 0 Å². The third-order valence-corrected chi connectivity index (χ3v) is 5.18. The third-order valence-electron chi connectivity index (χ3n) is 3.98. The monoisotopic (exact) mass is 300 g/mol. The van der Waals surface area contributed by atoms with Crippen LogP contribution >= 0.6 is 11.3 Å². The Kier molecular flexibility index (Phi) is 3.15. The fraction of sp³-hybridized carbons (Fsp3) is 0.375. The first-order chi connectivity index (χ1) is 10.3. The number of hydrogen-bond donors (Lipinski definition) is 0. The molecule has 0 radical (unpaired) electrons. The van der Waals surface area contributed by atoms with E-state index in [1.165, 1.54) is 5.56 Å². The van der Waals surface area contributed by atoms with Crippen LogP contribution in [0.1, 0.15) is 33.8 Å². The standard InChI is InChI=1S/C16H16N2O2S/c19-13-6-3-5-12-15(13)21-16(17-12)18-8-9-20-14-7-2-1-4-11(14)10-18/h1-2,4,7H,3,5-6,8-10H2. The molecule has 0 unspecified atom stereocenters. The SMILES string of the molecule is O=C1CCCc2nc(N3CCOc4ccccc4C3)sc21. The Balaban J connectivity index is 1.66. The van der Waals surface area contributed by atoms with Crippen LogP contribution in [0, 0.1) is 0 Å². The minimum Gasteiger partial charge on any atom is -0.491 e. The summed E-state index contributed by atoms with van der Waals surface area (Å²) in [6.45, 7) is 2.24. The largest absolute Gasteiger partial charge is 0.491 e. The van der Waals surface area contributed by atoms with Gasteiger partial charge >= 0.3 is 0 Å². The molecule has 4 rings (SSSR count). The topological polar surface area (TPSA) is 42.4 Å². The first-order valence-corrected chi connectivity index (χ1v) is 8.11. The molecule has 0 fully saturated rings. The van der Waals surface area contributed by atoms with Gasteiger partial charge in [-0.25, -0.2) is 4.98 Å². The summed E-state index contributed by atoms with van der Waals surface area (Å²) in [5.74, 6) is 1.21. The van der Waals surface area contributed by atoms with Gasteiger partial charge in [0, 0.05) is 18.5 Å². The number of ether oxygens (including phenoxy) is 1. The maximum atomic E-state index is 12.0. The van der Waals surface area contributed by atoms with Crippen LogP contribution in [0.5, 0.6) is 5.75 Å². The summed E-state index contributed by atoms with van der Waals surface area (Å²) in [6, 6.07) is 8.12. The molecule has 0 saturated carbocycles. The lowest BCUT2D eigenvalue weighted by Gasteiger charge is -2.18. The molecule has 21 heavy (non-hydrogen) atoms. The van der Waals surface area contributed by atoms with Crippen molar-refractivity contribution in [3.8, 4) is 5.75 Å². The molecule has 2 aromatic rings. The molecule has 1 aromatic heterocycles. The average molecular weight is 300 g/mol. The molecular formula is C16H16N2O2S. The first-order valence-electron chi connectivity index (χ1n) is 7.30. The van der Waals surface area contributed by atoms with Gasteiger partial charge in [-0.3, -0.25) is 4.79 Å². The summed E-state index contributed by atoms with van der Waals surface area (Å²) in [7, 11) is 0. The van der Waals surface area contributed by atoms with Crippen LogP contribution in [0.3, 0.4) is 0 Å². The smallest absolute Gasteiger partial charge is 0.186 e. The van der Waals surface area contributed by atoms with E-state index in [0.717, 1.165) is 47.4 Å². The van der Waals surface area contributed by atoms with Crippen molar-refractivity contribution in [1.82, 2.24) is 4.98 Å². The molecule has 1 aliphatic heterocycles. The summed E-state index contributed by atoms with van der Waals surface area (Å²) in [5, 5.41) is 0.954. The Labute approximate surface area is 127 Å². The number of ketones is 1. The fourth-order valence-corrected chi connectivity index (χ4v) is 3.99. The van der Waals surface area contributed by atoms with Crippen LogP contribution in [-0.4, -0.2) is 23.9 Å². The molecule has 0 spiro atoms. The Morgan fingerprint density at radius 2 is 2.14 bits per heavy atom. The Hall–Kier alpha value is -1.88. The molecule has 2 aliphatic rings. The number of Topliss-reactive ketones (excluding diaryl/α,β-unsaturated/α-hetero) is 1. The number of thiazole rings is 1. The second kappa shape index (κ2) is 5.15. The number of aromatic nitrogens is 1. The summed E-state index contributed by atoms with van der Waals surface area (Å²) >= 11 is 1.54. The van der Waals surface area contributed by atoms with E-state index in [2.05, 4.69) is 11.0 Å². The lowest BCUT2D eigenvalue weighted by molar-refractivity contribution is 0.0976. The van der Waals surface area contributed by atoms with Crippen molar-refractivity contribution in [1.29, 1.82) is 0 Å². The van der Waals surface area contributed by atoms with Crippen molar-refractivity contribution in [2.45, 2.75) is 25.8 Å². The summed E-state index contributed by atoms with van der Waals surface area (Å²) in [5.41, 5.74) is 2.17. The third kappa shape index (κ3) is 2.31. The van der Waals surface area contributed by atoms with Gasteiger partial charge < -0.3 is 9.64 Å². The lowest BCUT2D eigenvalue weighted by atomic mass is 10.0. The Bertz CT molecular complexity index is 695. The first kappa shape index (κ1) is 12.8. The molecular weight excluding hydrogens is 284 g/mol. The van der Waals surface area contributed by atoms with E-state index in [1.54, 1.807) is 11.3 Å². The normalized spacial score (nSPS) is 17.7. The number of rotatable bonds is 1. The minimum absolute atomic E-state index is 0.256. The molecule has 1 aliphatic carbocycles. The highest BCUT2D eigenvalue weighted by molar-refractivity contribution is 7.17. The zero-order valence-corrected chi connectivity index (χ0v) is 12.5. The molecule has 4 nitrogen and oxygen atoms in total. The van der Waals surface area contributed by atoms with Gasteiger partial charge in [0.05, 0.1) is 17.1 Å². The highest BCUT2D eigenvalue weighted by atomic mass is 32.1. The zero-order chi connectivity index (χ0) is 14.2. The van der Waals surface area contributed by atoms with Gasteiger partial charge in [-0.05, 0) is 18.9 Å². The number of carbonyl (C=O) groups is 1. The summed E-state index contributed by atoms with van der Waals surface area (Å²) in [6.07, 6.45) is 2.53. The maximum Gasteiger partial charge on any atom is 0.186 e. The number of anilines is 1. The number of aryl methyl sites for hydroxylation is 1. The second-order valence-electron chi connectivity index (χ2n) is 5.43. The van der Waals surface area contributed by atoms with E-state index < -0.39 is 0 Å². The molecule has 108 valence electrons. The van der Waals surface area contributed by atoms with Gasteiger partial charge in [-0.2, -0.15) is 0 Å². The van der Waals surface area contributed by atoms with Gasteiger partial charge in [0.15, 0.2) is 10.9 Å². The Morgan fingerprint density at radius 1 is 1.24 bits per heavy atom. The predicted molar refractivity (Wildman–Crippen MR) is 82.4 cm³/mol. The van der Waals surface area contributed by atoms with Crippen molar-refractivity contribution < 1.29 is 9.53 Å². The van der Waals surface area contributed by atoms with Crippen molar-refractivity contribution in [3.05, 3.63) is 40.4 Å². The average Bonchev–Trinajstić information content (AvgIpc) is 2.82. The van der Waals surface area contributed by atoms with Crippen LogP contribution in [0.15, 0.2) is 24.3 Å². The van der Waals surface area contributed by atoms with Crippen molar-refractivity contribution in [3.63, 3.8) is 0 Å². The van der Waals surface area contributed by atoms with E-state index >= 15 is 0 Å². The number of nitrogens with zero attached hydrogens (tertiary/aromatic N) is 2. The molecule has 0 saturated heterocycles. The molecule has 0 bridgehead atoms. The molecule has 1 aromatic carbocycles. The predicted octanol–water partition coefficient (Wildman–Crippen LogP) is 3.06. The molecule has 0 atom stereocenters. The van der Waals surface area contributed by atoms with E-state index in [1.807, 2.05) is 18.2 Å². The summed E-state index contributed by atoms with van der Waals surface area (Å²) in [4.78, 5) is 19.8. The van der Waals surface area contributed by atoms with Gasteiger partial charge in [-0.15, -0.1) is 0 Å². The second-order valence-corrected chi connectivity index (χ2v) is 6.40. The number of hydrogen-bond acceptors (Lipinski definition) is 5. The minimum atomic E-state index is 0.256. The van der Waals surface area contributed by atoms with Crippen molar-refractivity contribution >= 4 is 22.3 Å². The highest BCUT2D eigenvalue weighted by Crippen LogP contribution is 2.34. The lowest BCUT2D eigenvalue weighted by Crippen LogP contribution is -2.25. The van der Waals surface area contributed by atoms with Crippen molar-refractivity contribution in [2.75, 3.05) is 18.1 Å². The molecule has 2 heterocycles.